The van der Waals surface area contributed by atoms with E-state index < -0.39 is 0 Å². The molecule has 0 aliphatic carbocycles. The first-order valence-corrected chi connectivity index (χ1v) is 10.8. The second kappa shape index (κ2) is 12.3. The normalized spacial score (nSPS) is 15.2. The molecule has 1 aliphatic rings. The number of ether oxygens (including phenoxy) is 2. The van der Waals surface area contributed by atoms with E-state index in [0.29, 0.717) is 19.3 Å². The van der Waals surface area contributed by atoms with Crippen molar-refractivity contribution in [3.63, 3.8) is 0 Å². The molecular formula is C24H32FN3O2. The van der Waals surface area contributed by atoms with Gasteiger partial charge in [0.25, 0.3) is 0 Å². The molecule has 2 N–H and O–H groups in total. The molecule has 30 heavy (non-hydrogen) atoms. The van der Waals surface area contributed by atoms with Crippen molar-refractivity contribution in [2.45, 2.75) is 45.4 Å². The first kappa shape index (κ1) is 22.2. The van der Waals surface area contributed by atoms with E-state index in [9.17, 15) is 4.39 Å². The van der Waals surface area contributed by atoms with Crippen LogP contribution in [0.1, 0.15) is 36.5 Å². The number of nitrogens with zero attached hydrogens (tertiary/aromatic N) is 1. The van der Waals surface area contributed by atoms with Gasteiger partial charge in [0.05, 0.1) is 19.3 Å². The lowest BCUT2D eigenvalue weighted by atomic mass is 10.1. The van der Waals surface area contributed by atoms with Crippen molar-refractivity contribution in [1.82, 2.24) is 10.6 Å². The van der Waals surface area contributed by atoms with Gasteiger partial charge in [-0.05, 0) is 55.0 Å². The third kappa shape index (κ3) is 7.76. The number of hydrogen-bond acceptors (Lipinski definition) is 3. The molecule has 1 aliphatic heterocycles. The van der Waals surface area contributed by atoms with E-state index in [4.69, 9.17) is 9.47 Å². The molecular weight excluding hydrogens is 381 g/mol. The zero-order chi connectivity index (χ0) is 21.0. The topological polar surface area (TPSA) is 54.9 Å². The third-order valence-corrected chi connectivity index (χ3v) is 5.06. The molecule has 0 unspecified atom stereocenters. The number of halogens is 1. The second-order valence-electron chi connectivity index (χ2n) is 7.44. The molecule has 6 heteroatoms. The quantitative estimate of drug-likeness (QED) is 0.485. The monoisotopic (exact) mass is 413 g/mol. The molecule has 5 nitrogen and oxygen atoms in total. The Bertz CT molecular complexity index is 772. The predicted octanol–water partition coefficient (Wildman–Crippen LogP) is 3.82. The van der Waals surface area contributed by atoms with Gasteiger partial charge in [0.2, 0.25) is 0 Å². The SMILES string of the molecule is CCNC(=NCc1ccc(COC2CCOCC2)cc1)NCCc1ccc(F)cc1. The van der Waals surface area contributed by atoms with E-state index in [2.05, 4.69) is 39.9 Å². The van der Waals surface area contributed by atoms with E-state index >= 15 is 0 Å². The maximum absolute atomic E-state index is 13.0. The molecule has 0 spiro atoms. The van der Waals surface area contributed by atoms with E-state index in [1.807, 2.05) is 19.1 Å². The van der Waals surface area contributed by atoms with Crippen LogP contribution in [0.4, 0.5) is 4.39 Å². The van der Waals surface area contributed by atoms with Crippen LogP contribution in [-0.2, 0) is 29.0 Å². The van der Waals surface area contributed by atoms with Crippen LogP contribution in [0.15, 0.2) is 53.5 Å². The van der Waals surface area contributed by atoms with Crippen LogP contribution < -0.4 is 10.6 Å². The highest BCUT2D eigenvalue weighted by molar-refractivity contribution is 5.79. The van der Waals surface area contributed by atoms with Crippen LogP contribution in [0.25, 0.3) is 0 Å². The van der Waals surface area contributed by atoms with Crippen LogP contribution in [0.2, 0.25) is 0 Å². The summed E-state index contributed by atoms with van der Waals surface area (Å²) in [4.78, 5) is 4.67. The number of aliphatic imine (C=N–C) groups is 1. The molecule has 0 aromatic heterocycles. The molecule has 162 valence electrons. The maximum atomic E-state index is 13.0. The average molecular weight is 414 g/mol. The first-order chi connectivity index (χ1) is 14.7. The van der Waals surface area contributed by atoms with E-state index in [-0.39, 0.29) is 5.82 Å². The lowest BCUT2D eigenvalue weighted by Gasteiger charge is -2.22. The summed E-state index contributed by atoms with van der Waals surface area (Å²) in [5.41, 5.74) is 3.43. The van der Waals surface area contributed by atoms with E-state index in [1.165, 1.54) is 17.7 Å². The summed E-state index contributed by atoms with van der Waals surface area (Å²) in [5, 5.41) is 6.60. The molecule has 2 aromatic rings. The lowest BCUT2D eigenvalue weighted by molar-refractivity contribution is -0.0390. The summed E-state index contributed by atoms with van der Waals surface area (Å²) in [6.07, 6.45) is 3.08. The number of benzene rings is 2. The number of hydrogen-bond donors (Lipinski definition) is 2. The molecule has 1 fully saturated rings. The fourth-order valence-corrected chi connectivity index (χ4v) is 3.29. The van der Waals surface area contributed by atoms with Crippen LogP contribution in [0, 0.1) is 5.82 Å². The Balaban J connectivity index is 1.44. The summed E-state index contributed by atoms with van der Waals surface area (Å²) < 4.78 is 24.3. The Morgan fingerprint density at radius 2 is 1.67 bits per heavy atom. The number of nitrogens with one attached hydrogen (secondary N) is 2. The van der Waals surface area contributed by atoms with Crippen LogP contribution in [0.3, 0.4) is 0 Å². The fraction of sp³-hybridized carbons (Fsp3) is 0.458. The summed E-state index contributed by atoms with van der Waals surface area (Å²) in [5.74, 6) is 0.578. The van der Waals surface area contributed by atoms with Gasteiger partial charge in [-0.1, -0.05) is 36.4 Å². The Labute approximate surface area is 178 Å². The van der Waals surface area contributed by atoms with Gasteiger partial charge in [0.1, 0.15) is 5.82 Å². The second-order valence-corrected chi connectivity index (χ2v) is 7.44. The molecule has 0 atom stereocenters. The van der Waals surface area contributed by atoms with Gasteiger partial charge < -0.3 is 20.1 Å². The molecule has 0 saturated carbocycles. The van der Waals surface area contributed by atoms with Gasteiger partial charge in [-0.25, -0.2) is 9.38 Å². The van der Waals surface area contributed by atoms with Crippen molar-refractivity contribution < 1.29 is 13.9 Å². The highest BCUT2D eigenvalue weighted by Crippen LogP contribution is 2.14. The van der Waals surface area contributed by atoms with Crippen LogP contribution in [0.5, 0.6) is 0 Å². The molecule has 0 radical (unpaired) electrons. The molecule has 1 heterocycles. The summed E-state index contributed by atoms with van der Waals surface area (Å²) in [6, 6.07) is 15.0. The fourth-order valence-electron chi connectivity index (χ4n) is 3.29. The highest BCUT2D eigenvalue weighted by atomic mass is 19.1. The first-order valence-electron chi connectivity index (χ1n) is 10.8. The van der Waals surface area contributed by atoms with E-state index in [1.54, 1.807) is 0 Å². The molecule has 0 bridgehead atoms. The molecule has 1 saturated heterocycles. The van der Waals surface area contributed by atoms with Crippen molar-refractivity contribution in [1.29, 1.82) is 0 Å². The largest absolute Gasteiger partial charge is 0.381 e. The van der Waals surface area contributed by atoms with Crippen molar-refractivity contribution in [3.8, 4) is 0 Å². The summed E-state index contributed by atoms with van der Waals surface area (Å²) >= 11 is 0. The Morgan fingerprint density at radius 1 is 1.00 bits per heavy atom. The summed E-state index contributed by atoms with van der Waals surface area (Å²) in [7, 11) is 0. The van der Waals surface area contributed by atoms with Gasteiger partial charge >= 0.3 is 0 Å². The Morgan fingerprint density at radius 3 is 2.37 bits per heavy atom. The minimum Gasteiger partial charge on any atom is -0.381 e. The smallest absolute Gasteiger partial charge is 0.191 e. The Kier molecular flexibility index (Phi) is 9.12. The van der Waals surface area contributed by atoms with Gasteiger partial charge in [-0.2, -0.15) is 0 Å². The van der Waals surface area contributed by atoms with E-state index in [0.717, 1.165) is 62.7 Å². The lowest BCUT2D eigenvalue weighted by Crippen LogP contribution is -2.38. The van der Waals surface area contributed by atoms with Crippen molar-refractivity contribution in [3.05, 3.63) is 71.0 Å². The van der Waals surface area contributed by atoms with Gasteiger partial charge in [-0.3, -0.25) is 0 Å². The Hall–Kier alpha value is -2.44. The van der Waals surface area contributed by atoms with Crippen molar-refractivity contribution in [2.75, 3.05) is 26.3 Å². The van der Waals surface area contributed by atoms with Crippen molar-refractivity contribution in [2.24, 2.45) is 4.99 Å². The zero-order valence-electron chi connectivity index (χ0n) is 17.7. The van der Waals surface area contributed by atoms with Crippen LogP contribution in [-0.4, -0.2) is 38.4 Å². The molecule has 2 aromatic carbocycles. The van der Waals surface area contributed by atoms with Crippen molar-refractivity contribution >= 4 is 5.96 Å². The summed E-state index contributed by atoms with van der Waals surface area (Å²) in [6.45, 7) is 6.42. The van der Waals surface area contributed by atoms with Gasteiger partial charge in [0.15, 0.2) is 5.96 Å². The number of guanidine groups is 1. The molecule has 0 amide bonds. The van der Waals surface area contributed by atoms with Gasteiger partial charge in [0, 0.05) is 26.3 Å². The highest BCUT2D eigenvalue weighted by Gasteiger charge is 2.13. The predicted molar refractivity (Wildman–Crippen MR) is 118 cm³/mol. The number of rotatable bonds is 9. The minimum absolute atomic E-state index is 0.206. The van der Waals surface area contributed by atoms with Crippen LogP contribution >= 0.6 is 0 Å². The maximum Gasteiger partial charge on any atom is 0.191 e. The van der Waals surface area contributed by atoms with Gasteiger partial charge in [-0.15, -0.1) is 0 Å². The standard InChI is InChI=1S/C24H32FN3O2/c1-2-26-24(27-14-11-19-7-9-22(25)10-8-19)28-17-20-3-5-21(6-4-20)18-30-23-12-15-29-16-13-23/h3-10,23H,2,11-18H2,1H3,(H2,26,27,28). The average Bonchev–Trinajstić information content (AvgIpc) is 2.79. The minimum atomic E-state index is -0.206. The third-order valence-electron chi connectivity index (χ3n) is 5.06. The molecule has 3 rings (SSSR count). The zero-order valence-corrected chi connectivity index (χ0v) is 17.7.